The lowest BCUT2D eigenvalue weighted by molar-refractivity contribution is 0.911. The number of nitrogens with zero attached hydrogens (tertiary/aromatic N) is 3. The van der Waals surface area contributed by atoms with E-state index in [1.165, 1.54) is 5.56 Å². The highest BCUT2D eigenvalue weighted by Gasteiger charge is 1.98. The Morgan fingerprint density at radius 2 is 2.08 bits per heavy atom. The molecule has 2 aromatic rings. The molecule has 0 bridgehead atoms. The molecule has 2 rings (SSSR count). The van der Waals surface area contributed by atoms with E-state index in [-0.39, 0.29) is 0 Å². The van der Waals surface area contributed by atoms with Crippen LogP contribution in [-0.2, 0) is 0 Å². The molecule has 3 heteroatoms. The second kappa shape index (κ2) is 2.77. The Morgan fingerprint density at radius 1 is 1.25 bits per heavy atom. The SMILES string of the molecule is Cc1ccccc1-c1cn[n-]n1. The molecule has 0 radical (unpaired) electrons. The Balaban J connectivity index is 2.55. The second-order valence-electron chi connectivity index (χ2n) is 2.63. The first kappa shape index (κ1) is 7.03. The summed E-state index contributed by atoms with van der Waals surface area (Å²) >= 11 is 0. The first-order chi connectivity index (χ1) is 5.88. The largest absolute Gasteiger partial charge is 0.493 e. The van der Waals surface area contributed by atoms with Crippen LogP contribution in [-0.4, -0.2) is 10.2 Å². The molecule has 0 aliphatic rings. The predicted octanol–water partition coefficient (Wildman–Crippen LogP) is 1.41. The summed E-state index contributed by atoms with van der Waals surface area (Å²) in [6.45, 7) is 2.05. The third-order valence-electron chi connectivity index (χ3n) is 1.81. The van der Waals surface area contributed by atoms with Gasteiger partial charge in [-0.3, -0.25) is 0 Å². The van der Waals surface area contributed by atoms with Crippen molar-refractivity contribution < 1.29 is 0 Å². The molecule has 12 heavy (non-hydrogen) atoms. The summed E-state index contributed by atoms with van der Waals surface area (Å²) in [6, 6.07) is 8.05. The number of aryl methyl sites for hydroxylation is 1. The van der Waals surface area contributed by atoms with E-state index in [1.54, 1.807) is 6.20 Å². The fourth-order valence-corrected chi connectivity index (χ4v) is 1.16. The normalized spacial score (nSPS) is 10.1. The summed E-state index contributed by atoms with van der Waals surface area (Å²) in [5, 5.41) is 11.1. The molecule has 0 saturated heterocycles. The fourth-order valence-electron chi connectivity index (χ4n) is 1.16. The number of benzene rings is 1. The minimum Gasteiger partial charge on any atom is -0.493 e. The third-order valence-corrected chi connectivity index (χ3v) is 1.81. The minimum absolute atomic E-state index is 0.841. The van der Waals surface area contributed by atoms with E-state index in [1.807, 2.05) is 31.2 Å². The lowest BCUT2D eigenvalue weighted by atomic mass is 10.1. The van der Waals surface area contributed by atoms with Gasteiger partial charge in [0.2, 0.25) is 0 Å². The lowest BCUT2D eigenvalue weighted by Gasteiger charge is -2.01. The quantitative estimate of drug-likeness (QED) is 0.630. The van der Waals surface area contributed by atoms with Crippen molar-refractivity contribution in [3.05, 3.63) is 36.0 Å². The van der Waals surface area contributed by atoms with Crippen LogP contribution in [0.25, 0.3) is 11.3 Å². The van der Waals surface area contributed by atoms with Crippen molar-refractivity contribution in [3.63, 3.8) is 0 Å². The predicted molar refractivity (Wildman–Crippen MR) is 45.5 cm³/mol. The number of aromatic nitrogens is 3. The second-order valence-corrected chi connectivity index (χ2v) is 2.63. The van der Waals surface area contributed by atoms with Crippen LogP contribution in [0.15, 0.2) is 30.5 Å². The van der Waals surface area contributed by atoms with Crippen LogP contribution >= 0.6 is 0 Å². The maximum atomic E-state index is 3.89. The van der Waals surface area contributed by atoms with Crippen LogP contribution in [0.3, 0.4) is 0 Å². The number of rotatable bonds is 1. The lowest BCUT2D eigenvalue weighted by Crippen LogP contribution is -1.82. The van der Waals surface area contributed by atoms with Gasteiger partial charge >= 0.3 is 0 Å². The Bertz CT molecular complexity index is 365. The standard InChI is InChI=1S/C9H8N3/c1-7-4-2-3-5-8(7)9-6-10-12-11-9/h2-6H,1H3/q-1. The summed E-state index contributed by atoms with van der Waals surface area (Å²) < 4.78 is 0. The van der Waals surface area contributed by atoms with Crippen LogP contribution in [0.2, 0.25) is 0 Å². The summed E-state index contributed by atoms with van der Waals surface area (Å²) in [5.41, 5.74) is 3.13. The Morgan fingerprint density at radius 3 is 2.75 bits per heavy atom. The van der Waals surface area contributed by atoms with Gasteiger partial charge in [0.1, 0.15) is 0 Å². The van der Waals surface area contributed by atoms with Gasteiger partial charge in [-0.1, -0.05) is 24.3 Å². The molecule has 0 aliphatic heterocycles. The van der Waals surface area contributed by atoms with Gasteiger partial charge in [0, 0.05) is 11.8 Å². The van der Waals surface area contributed by atoms with E-state index < -0.39 is 0 Å². The van der Waals surface area contributed by atoms with Gasteiger partial charge < -0.3 is 15.4 Å². The van der Waals surface area contributed by atoms with Crippen LogP contribution in [0.1, 0.15) is 5.56 Å². The van der Waals surface area contributed by atoms with Crippen LogP contribution in [0.5, 0.6) is 0 Å². The first-order valence-electron chi connectivity index (χ1n) is 3.75. The topological polar surface area (TPSA) is 39.9 Å². The fraction of sp³-hybridized carbons (Fsp3) is 0.111. The Kier molecular flexibility index (Phi) is 1.63. The van der Waals surface area contributed by atoms with Crippen LogP contribution in [0, 0.1) is 6.92 Å². The molecule has 1 aromatic carbocycles. The van der Waals surface area contributed by atoms with Gasteiger partial charge in [0.25, 0.3) is 0 Å². The number of hydrogen-bond donors (Lipinski definition) is 0. The molecule has 0 aliphatic carbocycles. The average molecular weight is 158 g/mol. The summed E-state index contributed by atoms with van der Waals surface area (Å²) in [4.78, 5) is 0. The van der Waals surface area contributed by atoms with E-state index >= 15 is 0 Å². The Labute approximate surface area is 70.4 Å². The maximum Gasteiger partial charge on any atom is 0.0665 e. The van der Waals surface area contributed by atoms with Gasteiger partial charge in [-0.2, -0.15) is 0 Å². The van der Waals surface area contributed by atoms with Crippen molar-refractivity contribution >= 4 is 0 Å². The van der Waals surface area contributed by atoms with E-state index in [0.29, 0.717) is 0 Å². The van der Waals surface area contributed by atoms with Crippen LogP contribution in [0.4, 0.5) is 0 Å². The number of hydrogen-bond acceptors (Lipinski definition) is 2. The highest BCUT2D eigenvalue weighted by Crippen LogP contribution is 2.18. The molecule has 0 unspecified atom stereocenters. The molecule has 0 amide bonds. The zero-order valence-corrected chi connectivity index (χ0v) is 6.73. The van der Waals surface area contributed by atoms with E-state index in [0.717, 1.165) is 11.3 Å². The van der Waals surface area contributed by atoms with Crippen molar-refractivity contribution in [2.24, 2.45) is 0 Å². The molecule has 1 heterocycles. The molecule has 0 atom stereocenters. The van der Waals surface area contributed by atoms with Crippen molar-refractivity contribution in [2.45, 2.75) is 6.92 Å². The highest BCUT2D eigenvalue weighted by atomic mass is 15.3. The monoisotopic (exact) mass is 158 g/mol. The molecular formula is C9H8N3-. The van der Waals surface area contributed by atoms with Gasteiger partial charge in [-0.05, 0) is 12.5 Å². The smallest absolute Gasteiger partial charge is 0.0665 e. The highest BCUT2D eigenvalue weighted by molar-refractivity contribution is 5.61. The molecule has 0 N–H and O–H groups in total. The van der Waals surface area contributed by atoms with Crippen molar-refractivity contribution in [1.29, 1.82) is 0 Å². The minimum atomic E-state index is 0.841. The summed E-state index contributed by atoms with van der Waals surface area (Å²) in [7, 11) is 0. The molecule has 60 valence electrons. The molecule has 0 fully saturated rings. The molecule has 3 nitrogen and oxygen atoms in total. The zero-order valence-electron chi connectivity index (χ0n) is 6.73. The molecule has 0 spiro atoms. The molecule has 1 aromatic heterocycles. The van der Waals surface area contributed by atoms with Crippen molar-refractivity contribution in [1.82, 2.24) is 15.4 Å². The van der Waals surface area contributed by atoms with E-state index in [4.69, 9.17) is 0 Å². The van der Waals surface area contributed by atoms with Gasteiger partial charge in [0.05, 0.1) is 5.69 Å². The maximum absolute atomic E-state index is 3.89. The third kappa shape index (κ3) is 1.09. The zero-order chi connectivity index (χ0) is 8.39. The summed E-state index contributed by atoms with van der Waals surface area (Å²) in [5.74, 6) is 0. The van der Waals surface area contributed by atoms with Crippen molar-refractivity contribution in [3.8, 4) is 11.3 Å². The van der Waals surface area contributed by atoms with Gasteiger partial charge in [0.15, 0.2) is 0 Å². The molecular weight excluding hydrogens is 150 g/mol. The van der Waals surface area contributed by atoms with Crippen molar-refractivity contribution in [2.75, 3.05) is 0 Å². The first-order valence-corrected chi connectivity index (χ1v) is 3.75. The Hall–Kier alpha value is -1.64. The summed E-state index contributed by atoms with van der Waals surface area (Å²) in [6.07, 6.45) is 1.67. The van der Waals surface area contributed by atoms with E-state index in [9.17, 15) is 0 Å². The average Bonchev–Trinajstić information content (AvgIpc) is 2.57. The van der Waals surface area contributed by atoms with E-state index in [2.05, 4.69) is 15.4 Å². The van der Waals surface area contributed by atoms with Crippen LogP contribution < -0.4 is 5.21 Å². The van der Waals surface area contributed by atoms with Gasteiger partial charge in [-0.15, -0.1) is 0 Å². The van der Waals surface area contributed by atoms with Gasteiger partial charge in [-0.25, -0.2) is 0 Å². The molecule has 0 saturated carbocycles.